The Balaban J connectivity index is 2.19. The minimum Gasteiger partial charge on any atom is -0.331 e. The van der Waals surface area contributed by atoms with E-state index in [2.05, 4.69) is 13.2 Å². The summed E-state index contributed by atoms with van der Waals surface area (Å²) < 4.78 is 0. The van der Waals surface area contributed by atoms with E-state index in [1.54, 1.807) is 41.3 Å². The van der Waals surface area contributed by atoms with Crippen LogP contribution in [0.4, 0.5) is 5.69 Å². The first-order valence-corrected chi connectivity index (χ1v) is 7.05. The van der Waals surface area contributed by atoms with Crippen LogP contribution in [0.25, 0.3) is 0 Å². The molecule has 5 heteroatoms. The molecular weight excluding hydrogens is 280 g/mol. The Bertz CT molecular complexity index is 593. The molecule has 0 saturated carbocycles. The minimum atomic E-state index is -0.205. The highest BCUT2D eigenvalue weighted by Crippen LogP contribution is 2.23. The van der Waals surface area contributed by atoms with Crippen LogP contribution >= 0.6 is 0 Å². The van der Waals surface area contributed by atoms with Crippen LogP contribution in [0.2, 0.25) is 0 Å². The predicted octanol–water partition coefficient (Wildman–Crippen LogP) is 2.15. The Morgan fingerprint density at radius 2 is 1.55 bits per heavy atom. The molecule has 5 nitrogen and oxygen atoms in total. The Morgan fingerprint density at radius 1 is 1.05 bits per heavy atom. The summed E-state index contributed by atoms with van der Waals surface area (Å²) in [5.41, 5.74) is 0.995. The van der Waals surface area contributed by atoms with Crippen LogP contribution in [0.1, 0.15) is 23.2 Å². The number of carbonyl (C=O) groups is 3. The molecule has 3 amide bonds. The second-order valence-corrected chi connectivity index (χ2v) is 4.96. The Kier molecular flexibility index (Phi) is 4.88. The summed E-state index contributed by atoms with van der Waals surface area (Å²) in [6.07, 6.45) is 3.78. The van der Waals surface area contributed by atoms with Crippen LogP contribution in [-0.2, 0) is 9.59 Å². The number of hydrogen-bond acceptors (Lipinski definition) is 3. The van der Waals surface area contributed by atoms with Crippen molar-refractivity contribution in [2.75, 3.05) is 18.0 Å². The molecule has 2 rings (SSSR count). The van der Waals surface area contributed by atoms with Gasteiger partial charge < -0.3 is 4.90 Å². The van der Waals surface area contributed by atoms with E-state index < -0.39 is 0 Å². The van der Waals surface area contributed by atoms with Crippen LogP contribution in [0.5, 0.6) is 0 Å². The van der Waals surface area contributed by atoms with E-state index in [0.717, 1.165) is 0 Å². The standard InChI is InChI=1S/C17H18N2O3/c1-3-11-18(12-4-2)17(22)13-5-7-14(8-6-13)19-15(20)9-10-16(19)21/h3-8H,1-2,9-12H2. The van der Waals surface area contributed by atoms with E-state index in [0.29, 0.717) is 24.3 Å². The number of carbonyl (C=O) groups excluding carboxylic acids is 3. The van der Waals surface area contributed by atoms with E-state index in [1.165, 1.54) is 4.90 Å². The number of rotatable bonds is 6. The number of hydrogen-bond donors (Lipinski definition) is 0. The third-order valence-corrected chi connectivity index (χ3v) is 3.41. The van der Waals surface area contributed by atoms with Gasteiger partial charge in [-0.3, -0.25) is 19.3 Å². The zero-order chi connectivity index (χ0) is 16.1. The maximum Gasteiger partial charge on any atom is 0.254 e. The van der Waals surface area contributed by atoms with Crippen molar-refractivity contribution in [2.45, 2.75) is 12.8 Å². The van der Waals surface area contributed by atoms with E-state index >= 15 is 0 Å². The molecule has 1 heterocycles. The topological polar surface area (TPSA) is 57.7 Å². The minimum absolute atomic E-state index is 0.148. The second-order valence-electron chi connectivity index (χ2n) is 4.96. The van der Waals surface area contributed by atoms with Gasteiger partial charge in [0.2, 0.25) is 11.8 Å². The molecule has 0 bridgehead atoms. The summed E-state index contributed by atoms with van der Waals surface area (Å²) in [4.78, 5) is 38.5. The summed E-state index contributed by atoms with van der Waals surface area (Å²) in [5.74, 6) is -0.557. The summed E-state index contributed by atoms with van der Waals surface area (Å²) in [6, 6.07) is 6.48. The summed E-state index contributed by atoms with van der Waals surface area (Å²) in [7, 11) is 0. The van der Waals surface area contributed by atoms with Crippen molar-refractivity contribution in [2.24, 2.45) is 0 Å². The Labute approximate surface area is 129 Å². The van der Waals surface area contributed by atoms with Gasteiger partial charge in [0.15, 0.2) is 0 Å². The lowest BCUT2D eigenvalue weighted by Gasteiger charge is -2.20. The van der Waals surface area contributed by atoms with Crippen LogP contribution in [0.15, 0.2) is 49.6 Å². The molecule has 0 N–H and O–H groups in total. The second kappa shape index (κ2) is 6.85. The van der Waals surface area contributed by atoms with Gasteiger partial charge in [0, 0.05) is 31.5 Å². The molecule has 1 aliphatic heterocycles. The quantitative estimate of drug-likeness (QED) is 0.597. The number of anilines is 1. The van der Waals surface area contributed by atoms with Crippen molar-refractivity contribution in [1.29, 1.82) is 0 Å². The molecule has 0 atom stereocenters. The molecule has 1 aromatic carbocycles. The molecule has 1 aromatic rings. The first-order valence-electron chi connectivity index (χ1n) is 7.05. The fraction of sp³-hybridized carbons (Fsp3) is 0.235. The summed E-state index contributed by atoms with van der Waals surface area (Å²) in [5, 5.41) is 0. The maximum absolute atomic E-state index is 12.4. The molecule has 0 spiro atoms. The van der Waals surface area contributed by atoms with E-state index in [1.807, 2.05) is 0 Å². The highest BCUT2D eigenvalue weighted by Gasteiger charge is 2.30. The van der Waals surface area contributed by atoms with Gasteiger partial charge in [-0.25, -0.2) is 0 Å². The third kappa shape index (κ3) is 3.14. The third-order valence-electron chi connectivity index (χ3n) is 3.41. The summed E-state index contributed by atoms with van der Waals surface area (Å²) in [6.45, 7) is 8.12. The van der Waals surface area contributed by atoms with Gasteiger partial charge in [-0.2, -0.15) is 0 Å². The molecule has 0 radical (unpaired) electrons. The van der Waals surface area contributed by atoms with Gasteiger partial charge in [-0.15, -0.1) is 13.2 Å². The van der Waals surface area contributed by atoms with E-state index in [9.17, 15) is 14.4 Å². The van der Waals surface area contributed by atoms with Crippen molar-refractivity contribution in [3.05, 3.63) is 55.1 Å². The first-order chi connectivity index (χ1) is 10.6. The summed E-state index contributed by atoms with van der Waals surface area (Å²) >= 11 is 0. The number of benzene rings is 1. The van der Waals surface area contributed by atoms with Crippen molar-refractivity contribution in [3.8, 4) is 0 Å². The van der Waals surface area contributed by atoms with E-state index in [-0.39, 0.29) is 30.6 Å². The van der Waals surface area contributed by atoms with Crippen LogP contribution in [0.3, 0.4) is 0 Å². The molecule has 0 aromatic heterocycles. The van der Waals surface area contributed by atoms with Gasteiger partial charge in [0.1, 0.15) is 0 Å². The maximum atomic E-state index is 12.4. The largest absolute Gasteiger partial charge is 0.331 e. The smallest absolute Gasteiger partial charge is 0.254 e. The normalized spacial score (nSPS) is 14.1. The Hall–Kier alpha value is -2.69. The molecule has 114 valence electrons. The molecule has 0 aliphatic carbocycles. The molecule has 1 fully saturated rings. The molecule has 0 unspecified atom stereocenters. The van der Waals surface area contributed by atoms with Crippen LogP contribution < -0.4 is 4.90 Å². The molecule has 22 heavy (non-hydrogen) atoms. The zero-order valence-electron chi connectivity index (χ0n) is 12.3. The first kappa shape index (κ1) is 15.7. The van der Waals surface area contributed by atoms with Crippen LogP contribution in [0, 0.1) is 0 Å². The predicted molar refractivity (Wildman–Crippen MR) is 84.5 cm³/mol. The zero-order valence-corrected chi connectivity index (χ0v) is 12.3. The highest BCUT2D eigenvalue weighted by atomic mass is 16.2. The van der Waals surface area contributed by atoms with Crippen molar-refractivity contribution < 1.29 is 14.4 Å². The average Bonchev–Trinajstić information content (AvgIpc) is 2.85. The fourth-order valence-corrected chi connectivity index (χ4v) is 2.35. The fourth-order valence-electron chi connectivity index (χ4n) is 2.35. The van der Waals surface area contributed by atoms with Gasteiger partial charge >= 0.3 is 0 Å². The lowest BCUT2D eigenvalue weighted by Crippen LogP contribution is -2.31. The number of amides is 3. The van der Waals surface area contributed by atoms with Crippen molar-refractivity contribution in [3.63, 3.8) is 0 Å². The van der Waals surface area contributed by atoms with Gasteiger partial charge in [0.05, 0.1) is 5.69 Å². The van der Waals surface area contributed by atoms with Gasteiger partial charge in [-0.1, -0.05) is 12.2 Å². The SMILES string of the molecule is C=CCN(CC=C)C(=O)c1ccc(N2C(=O)CCC2=O)cc1. The van der Waals surface area contributed by atoms with Gasteiger partial charge in [-0.05, 0) is 24.3 Å². The highest BCUT2D eigenvalue weighted by molar-refractivity contribution is 6.19. The number of imide groups is 1. The lowest BCUT2D eigenvalue weighted by molar-refractivity contribution is -0.121. The monoisotopic (exact) mass is 298 g/mol. The molecule has 1 aliphatic rings. The molecular formula is C17H18N2O3. The number of nitrogens with zero attached hydrogens (tertiary/aromatic N) is 2. The van der Waals surface area contributed by atoms with E-state index in [4.69, 9.17) is 0 Å². The van der Waals surface area contributed by atoms with Crippen molar-refractivity contribution >= 4 is 23.4 Å². The Morgan fingerprint density at radius 3 is 2.00 bits per heavy atom. The average molecular weight is 298 g/mol. The lowest BCUT2D eigenvalue weighted by atomic mass is 10.1. The van der Waals surface area contributed by atoms with Crippen molar-refractivity contribution in [1.82, 2.24) is 4.90 Å². The van der Waals surface area contributed by atoms with Crippen LogP contribution in [-0.4, -0.2) is 35.7 Å². The van der Waals surface area contributed by atoms with Gasteiger partial charge in [0.25, 0.3) is 5.91 Å². The molecule has 1 saturated heterocycles.